The van der Waals surface area contributed by atoms with Crippen LogP contribution in [0, 0.1) is 18.3 Å². The highest BCUT2D eigenvalue weighted by Gasteiger charge is 2.13. The summed E-state index contributed by atoms with van der Waals surface area (Å²) in [5, 5.41) is 13.9. The van der Waals surface area contributed by atoms with Crippen LogP contribution in [0.4, 0.5) is 5.69 Å². The third-order valence-electron chi connectivity index (χ3n) is 4.27. The number of benzene rings is 2. The summed E-state index contributed by atoms with van der Waals surface area (Å²) in [6.45, 7) is 1.84. The van der Waals surface area contributed by atoms with E-state index in [9.17, 15) is 10.1 Å². The molecule has 0 aliphatic heterocycles. The Kier molecular flexibility index (Phi) is 5.61. The summed E-state index contributed by atoms with van der Waals surface area (Å²) in [4.78, 5) is 20.2. The van der Waals surface area contributed by atoms with Crippen LogP contribution in [-0.2, 0) is 4.79 Å². The molecule has 0 saturated heterocycles. The monoisotopic (exact) mass is 434 g/mol. The van der Waals surface area contributed by atoms with Gasteiger partial charge in [-0.25, -0.2) is 4.98 Å². The van der Waals surface area contributed by atoms with Crippen LogP contribution in [0.15, 0.2) is 74.8 Å². The van der Waals surface area contributed by atoms with Crippen LogP contribution < -0.4 is 5.32 Å². The number of nitrogens with one attached hydrogen (secondary N) is 2. The van der Waals surface area contributed by atoms with Gasteiger partial charge in [0.1, 0.15) is 17.4 Å². The highest BCUT2D eigenvalue weighted by Crippen LogP contribution is 2.29. The Morgan fingerprint density at radius 2 is 2.10 bits per heavy atom. The molecule has 0 unspecified atom stereocenters. The molecule has 2 aromatic carbocycles. The van der Waals surface area contributed by atoms with Crippen molar-refractivity contribution in [3.63, 3.8) is 0 Å². The lowest BCUT2D eigenvalue weighted by molar-refractivity contribution is -0.112. The number of para-hydroxylation sites is 2. The number of halogens is 1. The minimum atomic E-state index is -0.536. The second-order valence-electron chi connectivity index (χ2n) is 6.40. The molecule has 6 nitrogen and oxygen atoms in total. The molecule has 4 rings (SSSR count). The molecular weight excluding hydrogens is 420 g/mol. The topological polar surface area (TPSA) is 94.7 Å². The standard InChI is InChI=1S/C22H15ClN4O2S/c1-13-6-7-15(23)11-19(13)25-21(28)14(12-24)10-16-8-9-20(29-16)30-22-26-17-4-2-3-5-18(17)27-22/h2-11H,1H3,(H,25,28)(H,26,27)/b14-10-. The van der Waals surface area contributed by atoms with Gasteiger partial charge in [0.05, 0.1) is 11.0 Å². The average Bonchev–Trinajstić information content (AvgIpc) is 3.35. The molecule has 0 radical (unpaired) electrons. The molecule has 2 aromatic heterocycles. The van der Waals surface area contributed by atoms with Crippen molar-refractivity contribution in [1.29, 1.82) is 5.26 Å². The van der Waals surface area contributed by atoms with Gasteiger partial charge in [0.25, 0.3) is 5.91 Å². The van der Waals surface area contributed by atoms with Crippen molar-refractivity contribution in [3.8, 4) is 6.07 Å². The Morgan fingerprint density at radius 3 is 2.90 bits per heavy atom. The first-order valence-electron chi connectivity index (χ1n) is 8.93. The quantitative estimate of drug-likeness (QED) is 0.305. The molecule has 0 bridgehead atoms. The summed E-state index contributed by atoms with van der Waals surface area (Å²) in [5.74, 6) is -0.145. The third kappa shape index (κ3) is 4.40. The zero-order valence-corrected chi connectivity index (χ0v) is 17.3. The molecule has 148 valence electrons. The molecule has 0 saturated carbocycles. The zero-order valence-electron chi connectivity index (χ0n) is 15.8. The van der Waals surface area contributed by atoms with Crippen molar-refractivity contribution in [2.75, 3.05) is 5.32 Å². The smallest absolute Gasteiger partial charge is 0.266 e. The maximum Gasteiger partial charge on any atom is 0.266 e. The molecule has 0 aliphatic rings. The summed E-state index contributed by atoms with van der Waals surface area (Å²) in [6.07, 6.45) is 1.40. The number of H-pyrrole nitrogens is 1. The van der Waals surface area contributed by atoms with Gasteiger partial charge in [-0.2, -0.15) is 5.26 Å². The number of anilines is 1. The van der Waals surface area contributed by atoms with Crippen molar-refractivity contribution in [2.24, 2.45) is 0 Å². The van der Waals surface area contributed by atoms with Crippen molar-refractivity contribution in [1.82, 2.24) is 9.97 Å². The number of aromatic amines is 1. The molecule has 4 aromatic rings. The summed E-state index contributed by atoms with van der Waals surface area (Å²) in [7, 11) is 0. The molecule has 1 amide bonds. The van der Waals surface area contributed by atoms with Crippen LogP contribution in [0.25, 0.3) is 17.1 Å². The molecule has 2 heterocycles. The number of nitrogens with zero attached hydrogens (tertiary/aromatic N) is 2. The maximum atomic E-state index is 12.5. The SMILES string of the molecule is Cc1ccc(Cl)cc1NC(=O)/C(C#N)=C\c1ccc(Sc2nc3ccccc3[nH]2)o1. The predicted octanol–water partition coefficient (Wildman–Crippen LogP) is 5.81. The van der Waals surface area contributed by atoms with E-state index in [1.165, 1.54) is 17.8 Å². The third-order valence-corrected chi connectivity index (χ3v) is 5.31. The number of hydrogen-bond donors (Lipinski definition) is 2. The molecule has 2 N–H and O–H groups in total. The van der Waals surface area contributed by atoms with E-state index in [1.54, 1.807) is 30.3 Å². The highest BCUT2D eigenvalue weighted by atomic mass is 35.5. The summed E-state index contributed by atoms with van der Waals surface area (Å²) >= 11 is 7.31. The number of amides is 1. The molecule has 30 heavy (non-hydrogen) atoms. The molecule has 0 spiro atoms. The van der Waals surface area contributed by atoms with E-state index in [0.717, 1.165) is 16.6 Å². The van der Waals surface area contributed by atoms with E-state index >= 15 is 0 Å². The van der Waals surface area contributed by atoms with Crippen molar-refractivity contribution in [3.05, 3.63) is 76.5 Å². The van der Waals surface area contributed by atoms with E-state index in [2.05, 4.69) is 15.3 Å². The van der Waals surface area contributed by atoms with Crippen molar-refractivity contribution < 1.29 is 9.21 Å². The van der Waals surface area contributed by atoms with E-state index in [4.69, 9.17) is 16.0 Å². The lowest BCUT2D eigenvalue weighted by atomic mass is 10.1. The van der Waals surface area contributed by atoms with E-state index in [-0.39, 0.29) is 5.57 Å². The second-order valence-corrected chi connectivity index (χ2v) is 7.83. The van der Waals surface area contributed by atoms with Gasteiger partial charge in [-0.3, -0.25) is 4.79 Å². The first-order chi connectivity index (χ1) is 14.5. The first-order valence-corrected chi connectivity index (χ1v) is 10.1. The van der Waals surface area contributed by atoms with Gasteiger partial charge in [0.2, 0.25) is 0 Å². The molecule has 0 fully saturated rings. The van der Waals surface area contributed by atoms with Gasteiger partial charge >= 0.3 is 0 Å². The number of fused-ring (bicyclic) bond motifs is 1. The second kappa shape index (κ2) is 8.49. The fourth-order valence-corrected chi connectivity index (χ4v) is 3.69. The summed E-state index contributed by atoms with van der Waals surface area (Å²) < 4.78 is 5.73. The van der Waals surface area contributed by atoms with Crippen LogP contribution in [0.1, 0.15) is 11.3 Å². The Hall–Kier alpha value is -3.47. The highest BCUT2D eigenvalue weighted by molar-refractivity contribution is 7.99. The van der Waals surface area contributed by atoms with Gasteiger partial charge in [0, 0.05) is 16.8 Å². The van der Waals surface area contributed by atoms with Gasteiger partial charge in [-0.1, -0.05) is 29.8 Å². The lowest BCUT2D eigenvalue weighted by Crippen LogP contribution is -2.14. The fourth-order valence-electron chi connectivity index (χ4n) is 2.75. The van der Waals surface area contributed by atoms with E-state index in [1.807, 2.05) is 37.3 Å². The summed E-state index contributed by atoms with van der Waals surface area (Å²) in [5.41, 5.74) is 3.11. The first kappa shape index (κ1) is 19.8. The Labute approximate surface area is 181 Å². The number of carbonyl (C=O) groups is 1. The summed E-state index contributed by atoms with van der Waals surface area (Å²) in [6, 6.07) is 18.3. The minimum Gasteiger partial charge on any atom is -0.450 e. The zero-order chi connectivity index (χ0) is 21.1. The number of nitriles is 1. The van der Waals surface area contributed by atoms with Gasteiger partial charge in [0.15, 0.2) is 10.2 Å². The molecule has 0 aliphatic carbocycles. The number of furan rings is 1. The van der Waals surface area contributed by atoms with Gasteiger partial charge in [-0.15, -0.1) is 0 Å². The Balaban J connectivity index is 1.50. The van der Waals surface area contributed by atoms with Crippen LogP contribution in [0.2, 0.25) is 5.02 Å². The number of rotatable bonds is 5. The molecular formula is C22H15ClN4O2S. The average molecular weight is 435 g/mol. The number of carbonyl (C=O) groups excluding carboxylic acids is 1. The van der Waals surface area contributed by atoms with E-state index in [0.29, 0.717) is 26.7 Å². The minimum absolute atomic E-state index is 0.0796. The van der Waals surface area contributed by atoms with Gasteiger partial charge < -0.3 is 14.7 Å². The Morgan fingerprint density at radius 1 is 1.27 bits per heavy atom. The lowest BCUT2D eigenvalue weighted by Gasteiger charge is -2.07. The Bertz CT molecular complexity index is 1280. The normalized spacial score (nSPS) is 11.4. The predicted molar refractivity (Wildman–Crippen MR) is 117 cm³/mol. The largest absolute Gasteiger partial charge is 0.450 e. The van der Waals surface area contributed by atoms with Crippen molar-refractivity contribution in [2.45, 2.75) is 17.2 Å². The van der Waals surface area contributed by atoms with Crippen molar-refractivity contribution >= 4 is 52.1 Å². The number of imidazole rings is 1. The molecule has 8 heteroatoms. The van der Waals surface area contributed by atoms with Crippen LogP contribution >= 0.6 is 23.4 Å². The van der Waals surface area contributed by atoms with Crippen LogP contribution in [0.5, 0.6) is 0 Å². The van der Waals surface area contributed by atoms with E-state index < -0.39 is 5.91 Å². The van der Waals surface area contributed by atoms with Crippen LogP contribution in [-0.4, -0.2) is 15.9 Å². The fraction of sp³-hybridized carbons (Fsp3) is 0.0455. The number of aryl methyl sites for hydroxylation is 1. The maximum absolute atomic E-state index is 12.5. The van der Waals surface area contributed by atoms with Gasteiger partial charge in [-0.05, 0) is 60.6 Å². The molecule has 0 atom stereocenters. The number of hydrogen-bond acceptors (Lipinski definition) is 5. The number of aromatic nitrogens is 2. The van der Waals surface area contributed by atoms with Crippen LogP contribution in [0.3, 0.4) is 0 Å².